The van der Waals surface area contributed by atoms with Crippen molar-refractivity contribution in [2.75, 3.05) is 44.3 Å². The van der Waals surface area contributed by atoms with Gasteiger partial charge in [-0.3, -0.25) is 14.5 Å². The van der Waals surface area contributed by atoms with Crippen LogP contribution in [0, 0.1) is 17.2 Å². The zero-order valence-electron chi connectivity index (χ0n) is 17.3. The average Bonchev–Trinajstić information content (AvgIpc) is 2.63. The molecule has 1 rings (SSSR count). The lowest BCUT2D eigenvalue weighted by atomic mass is 10.2. The number of nitriles is 1. The van der Waals surface area contributed by atoms with Crippen LogP contribution in [0.15, 0.2) is 24.3 Å². The van der Waals surface area contributed by atoms with Crippen LogP contribution in [0.1, 0.15) is 34.1 Å². The molecule has 0 aliphatic rings. The van der Waals surface area contributed by atoms with Gasteiger partial charge < -0.3 is 14.4 Å². The van der Waals surface area contributed by atoms with Crippen LogP contribution in [0.4, 0.5) is 5.69 Å². The van der Waals surface area contributed by atoms with Crippen molar-refractivity contribution in [2.45, 2.75) is 34.1 Å². The number of anilines is 1. The summed E-state index contributed by atoms with van der Waals surface area (Å²) in [5.74, 6) is 0.507. The number of nitrogens with zero attached hydrogens (tertiary/aromatic N) is 3. The molecule has 1 aromatic carbocycles. The van der Waals surface area contributed by atoms with Gasteiger partial charge in [-0.05, 0) is 44.0 Å². The summed E-state index contributed by atoms with van der Waals surface area (Å²) < 4.78 is 10.5. The summed E-state index contributed by atoms with van der Waals surface area (Å²) in [7, 11) is 0. The topological polar surface area (TPSA) is 82.9 Å². The van der Waals surface area contributed by atoms with E-state index in [1.165, 1.54) is 0 Å². The number of amides is 1. The molecule has 0 N–H and O–H groups in total. The van der Waals surface area contributed by atoms with E-state index in [0.717, 1.165) is 5.75 Å². The smallest absolute Gasteiger partial charge is 0.320 e. The van der Waals surface area contributed by atoms with Crippen molar-refractivity contribution in [1.82, 2.24) is 4.90 Å². The van der Waals surface area contributed by atoms with Gasteiger partial charge in [0.15, 0.2) is 0 Å². The number of benzene rings is 1. The number of esters is 1. The molecule has 0 aromatic heterocycles. The molecule has 0 saturated heterocycles. The van der Waals surface area contributed by atoms with Crippen LogP contribution in [0.5, 0.6) is 5.75 Å². The van der Waals surface area contributed by atoms with E-state index in [2.05, 4.69) is 6.07 Å². The van der Waals surface area contributed by atoms with Crippen molar-refractivity contribution < 1.29 is 19.1 Å². The first-order valence-electron chi connectivity index (χ1n) is 9.69. The Morgan fingerprint density at radius 3 is 2.32 bits per heavy atom. The summed E-state index contributed by atoms with van der Waals surface area (Å²) >= 11 is 0. The third-order valence-electron chi connectivity index (χ3n) is 3.85. The van der Waals surface area contributed by atoms with Crippen LogP contribution in [-0.2, 0) is 14.3 Å². The Bertz CT molecular complexity index is 653. The monoisotopic (exact) mass is 389 g/mol. The normalized spacial score (nSPS) is 10.6. The van der Waals surface area contributed by atoms with Crippen molar-refractivity contribution in [1.29, 1.82) is 5.26 Å². The number of hydrogen-bond donors (Lipinski definition) is 0. The summed E-state index contributed by atoms with van der Waals surface area (Å²) in [6, 6.07) is 9.29. The number of carbonyl (C=O) groups is 2. The summed E-state index contributed by atoms with van der Waals surface area (Å²) in [6.07, 6.45) is 0.223. The lowest BCUT2D eigenvalue weighted by Gasteiger charge is -2.27. The minimum atomic E-state index is -0.347. The highest BCUT2D eigenvalue weighted by molar-refractivity contribution is 5.95. The second-order valence-electron chi connectivity index (χ2n) is 6.75. The van der Waals surface area contributed by atoms with Crippen molar-refractivity contribution in [2.24, 2.45) is 5.92 Å². The minimum absolute atomic E-state index is 0.0626. The number of carbonyl (C=O) groups excluding carboxylic acids is 2. The fraction of sp³-hybridized carbons (Fsp3) is 0.571. The summed E-state index contributed by atoms with van der Waals surface area (Å²) in [6.45, 7) is 9.62. The molecule has 0 unspecified atom stereocenters. The molecule has 0 spiro atoms. The fourth-order valence-corrected chi connectivity index (χ4v) is 2.82. The highest BCUT2D eigenvalue weighted by atomic mass is 16.5. The second kappa shape index (κ2) is 12.7. The third-order valence-corrected chi connectivity index (χ3v) is 3.85. The predicted octanol–water partition coefficient (Wildman–Crippen LogP) is 2.85. The molecule has 7 heteroatoms. The SMILES string of the molecule is CCOC(=O)CN(CC(=O)N(CCC#N)c1ccc(OCC)cc1)CC(C)C. The fourth-order valence-electron chi connectivity index (χ4n) is 2.82. The Morgan fingerprint density at radius 2 is 1.79 bits per heavy atom. The molecule has 0 aliphatic heterocycles. The highest BCUT2D eigenvalue weighted by Gasteiger charge is 2.21. The Kier molecular flexibility index (Phi) is 10.7. The Balaban J connectivity index is 2.93. The standard InChI is InChI=1S/C21H31N3O4/c1-5-27-19-10-8-18(9-11-19)24(13-7-12-22)20(25)15-23(14-17(3)4)16-21(26)28-6-2/h8-11,17H,5-7,13-16H2,1-4H3. The number of ether oxygens (including phenoxy) is 2. The molecular weight excluding hydrogens is 358 g/mol. The first kappa shape index (κ1) is 23.4. The van der Waals surface area contributed by atoms with Crippen molar-refractivity contribution in [3.63, 3.8) is 0 Å². The predicted molar refractivity (Wildman–Crippen MR) is 108 cm³/mol. The molecule has 0 fully saturated rings. The average molecular weight is 389 g/mol. The van der Waals surface area contributed by atoms with Crippen molar-refractivity contribution in [3.8, 4) is 11.8 Å². The van der Waals surface area contributed by atoms with E-state index in [0.29, 0.717) is 31.4 Å². The molecule has 154 valence electrons. The van der Waals surface area contributed by atoms with Gasteiger partial charge in [-0.2, -0.15) is 5.26 Å². The van der Waals surface area contributed by atoms with Crippen LogP contribution in [-0.4, -0.2) is 56.2 Å². The largest absolute Gasteiger partial charge is 0.494 e. The maximum absolute atomic E-state index is 13.0. The molecule has 0 radical (unpaired) electrons. The molecule has 1 aromatic rings. The van der Waals surface area contributed by atoms with E-state index < -0.39 is 0 Å². The summed E-state index contributed by atoms with van der Waals surface area (Å²) in [5, 5.41) is 8.96. The maximum Gasteiger partial charge on any atom is 0.320 e. The first-order chi connectivity index (χ1) is 13.4. The van der Waals surface area contributed by atoms with Gasteiger partial charge in [-0.25, -0.2) is 0 Å². The zero-order valence-corrected chi connectivity index (χ0v) is 17.3. The van der Waals surface area contributed by atoms with Crippen LogP contribution in [0.25, 0.3) is 0 Å². The van der Waals surface area contributed by atoms with Crippen LogP contribution >= 0.6 is 0 Å². The van der Waals surface area contributed by atoms with Crippen LogP contribution < -0.4 is 9.64 Å². The molecule has 0 aliphatic carbocycles. The molecule has 0 bridgehead atoms. The Morgan fingerprint density at radius 1 is 1.11 bits per heavy atom. The molecule has 0 atom stereocenters. The lowest BCUT2D eigenvalue weighted by Crippen LogP contribution is -2.44. The van der Waals surface area contributed by atoms with Gasteiger partial charge in [-0.1, -0.05) is 13.8 Å². The molecule has 7 nitrogen and oxygen atoms in total. The van der Waals surface area contributed by atoms with Gasteiger partial charge in [0.2, 0.25) is 5.91 Å². The Labute approximate surface area is 167 Å². The van der Waals surface area contributed by atoms with E-state index in [4.69, 9.17) is 14.7 Å². The van der Waals surface area contributed by atoms with E-state index in [-0.39, 0.29) is 37.9 Å². The summed E-state index contributed by atoms with van der Waals surface area (Å²) in [4.78, 5) is 28.2. The van der Waals surface area contributed by atoms with E-state index in [1.807, 2.05) is 20.8 Å². The molecule has 1 amide bonds. The lowest BCUT2D eigenvalue weighted by molar-refractivity contribution is -0.144. The summed E-state index contributed by atoms with van der Waals surface area (Å²) in [5.41, 5.74) is 0.698. The number of hydrogen-bond acceptors (Lipinski definition) is 6. The van der Waals surface area contributed by atoms with Gasteiger partial charge in [0, 0.05) is 18.8 Å². The van der Waals surface area contributed by atoms with Gasteiger partial charge in [0.05, 0.1) is 38.8 Å². The van der Waals surface area contributed by atoms with Crippen LogP contribution in [0.3, 0.4) is 0 Å². The highest BCUT2D eigenvalue weighted by Crippen LogP contribution is 2.20. The molecular formula is C21H31N3O4. The quantitative estimate of drug-likeness (QED) is 0.511. The first-order valence-corrected chi connectivity index (χ1v) is 9.69. The van der Waals surface area contributed by atoms with E-state index in [1.54, 1.807) is 41.0 Å². The molecule has 0 saturated carbocycles. The van der Waals surface area contributed by atoms with Gasteiger partial charge in [0.1, 0.15) is 5.75 Å². The molecule has 0 heterocycles. The van der Waals surface area contributed by atoms with Crippen molar-refractivity contribution >= 4 is 17.6 Å². The van der Waals surface area contributed by atoms with E-state index in [9.17, 15) is 9.59 Å². The van der Waals surface area contributed by atoms with Crippen molar-refractivity contribution in [3.05, 3.63) is 24.3 Å². The third kappa shape index (κ3) is 8.40. The maximum atomic E-state index is 13.0. The second-order valence-corrected chi connectivity index (χ2v) is 6.75. The molecule has 28 heavy (non-hydrogen) atoms. The number of rotatable bonds is 12. The van der Waals surface area contributed by atoms with Gasteiger partial charge in [-0.15, -0.1) is 0 Å². The van der Waals surface area contributed by atoms with Gasteiger partial charge >= 0.3 is 5.97 Å². The minimum Gasteiger partial charge on any atom is -0.494 e. The zero-order chi connectivity index (χ0) is 20.9. The van der Waals surface area contributed by atoms with Gasteiger partial charge in [0.25, 0.3) is 0 Å². The Hall–Kier alpha value is -2.59. The van der Waals surface area contributed by atoms with Crippen LogP contribution in [0.2, 0.25) is 0 Å². The van der Waals surface area contributed by atoms with E-state index >= 15 is 0 Å².